The molecule has 1 unspecified atom stereocenters. The Kier molecular flexibility index (Phi) is 19.8. The number of nitrogens with zero attached hydrogens (tertiary/aromatic N) is 1. The van der Waals surface area contributed by atoms with Gasteiger partial charge in [0.15, 0.2) is 11.7 Å². The molecular weight excluding hydrogens is 773 g/mol. The number of unbranched alkanes of at least 4 members (excludes halogenated alkanes) is 1. The summed E-state index contributed by atoms with van der Waals surface area (Å²) in [6, 6.07) is 8.70. The van der Waals surface area contributed by atoms with E-state index in [0.29, 0.717) is 36.0 Å². The van der Waals surface area contributed by atoms with Crippen molar-refractivity contribution in [3.05, 3.63) is 64.7 Å². The van der Waals surface area contributed by atoms with Gasteiger partial charge in [0.1, 0.15) is 29.0 Å². The number of primary amides is 1. The van der Waals surface area contributed by atoms with Crippen LogP contribution in [-0.2, 0) is 41.5 Å². The lowest BCUT2D eigenvalue weighted by Gasteiger charge is -2.27. The highest BCUT2D eigenvalue weighted by atomic mass is 16.6. The summed E-state index contributed by atoms with van der Waals surface area (Å²) in [4.78, 5) is 84.2. The Labute approximate surface area is 353 Å². The average molecular weight is 839 g/mol. The number of aryl methyl sites for hydroxylation is 2. The van der Waals surface area contributed by atoms with Crippen molar-refractivity contribution in [2.24, 2.45) is 28.1 Å². The Morgan fingerprint density at radius 1 is 0.717 bits per heavy atom. The molecule has 17 heteroatoms. The molecule has 60 heavy (non-hydrogen) atoms. The third-order valence-electron chi connectivity index (χ3n) is 9.14. The second-order valence-corrected chi connectivity index (χ2v) is 16.9. The van der Waals surface area contributed by atoms with Crippen LogP contribution in [0.25, 0.3) is 0 Å². The predicted molar refractivity (Wildman–Crippen MR) is 229 cm³/mol. The predicted octanol–water partition coefficient (Wildman–Crippen LogP) is 3.47. The number of carbonyl (C=O) groups excluding carboxylic acids is 6. The Hall–Kier alpha value is -5.87. The number of rotatable bonds is 22. The van der Waals surface area contributed by atoms with Gasteiger partial charge in [-0.1, -0.05) is 30.3 Å². The maximum atomic E-state index is 14.5. The summed E-state index contributed by atoms with van der Waals surface area (Å²) >= 11 is 0. The van der Waals surface area contributed by atoms with Gasteiger partial charge in [0.25, 0.3) is 0 Å². The summed E-state index contributed by atoms with van der Waals surface area (Å²) in [6.07, 6.45) is -0.353. The van der Waals surface area contributed by atoms with E-state index in [9.17, 15) is 33.9 Å². The Morgan fingerprint density at radius 3 is 1.85 bits per heavy atom. The molecule has 0 saturated heterocycles. The van der Waals surface area contributed by atoms with E-state index >= 15 is 0 Å². The lowest BCUT2D eigenvalue weighted by atomic mass is 9.86. The summed E-state index contributed by atoms with van der Waals surface area (Å²) in [7, 11) is 0. The second-order valence-electron chi connectivity index (χ2n) is 16.9. The smallest absolute Gasteiger partial charge is 0.408 e. The van der Waals surface area contributed by atoms with Crippen LogP contribution in [0.15, 0.2) is 47.5 Å². The molecular formula is C43H66N8O9. The average Bonchev–Trinajstić information content (AvgIpc) is 3.11. The van der Waals surface area contributed by atoms with Crippen molar-refractivity contribution in [3.8, 4) is 5.75 Å². The number of alkyl carbamates (subject to hydrolysis) is 2. The van der Waals surface area contributed by atoms with Crippen molar-refractivity contribution in [1.29, 1.82) is 0 Å². The number of hydrogen-bond acceptors (Lipinski definition) is 10. The molecule has 0 bridgehead atoms. The number of amides is 5. The zero-order valence-corrected chi connectivity index (χ0v) is 36.3. The van der Waals surface area contributed by atoms with Crippen molar-refractivity contribution in [2.75, 3.05) is 13.1 Å². The van der Waals surface area contributed by atoms with Crippen LogP contribution in [0, 0.1) is 19.8 Å². The van der Waals surface area contributed by atoms with E-state index in [1.54, 1.807) is 91.8 Å². The van der Waals surface area contributed by atoms with Gasteiger partial charge in [-0.05, 0) is 128 Å². The maximum absolute atomic E-state index is 14.5. The van der Waals surface area contributed by atoms with Crippen molar-refractivity contribution in [3.63, 3.8) is 0 Å². The van der Waals surface area contributed by atoms with E-state index in [-0.39, 0.29) is 56.9 Å². The number of ether oxygens (including phenoxy) is 2. The van der Waals surface area contributed by atoms with Gasteiger partial charge in [-0.2, -0.15) is 0 Å². The number of nitrogens with one attached hydrogen (secondary N) is 4. The van der Waals surface area contributed by atoms with E-state index in [2.05, 4.69) is 26.3 Å². The number of hydrogen-bond donors (Lipinski definition) is 8. The molecule has 2 aromatic carbocycles. The fourth-order valence-electron chi connectivity index (χ4n) is 6.33. The summed E-state index contributed by atoms with van der Waals surface area (Å²) in [5, 5.41) is 21.1. The molecule has 0 fully saturated rings. The number of phenols is 1. The van der Waals surface area contributed by atoms with Crippen LogP contribution >= 0.6 is 0 Å². The first kappa shape index (κ1) is 50.3. The second kappa shape index (κ2) is 23.7. The lowest BCUT2D eigenvalue weighted by molar-refractivity contribution is -0.134. The first-order valence-electron chi connectivity index (χ1n) is 20.2. The largest absolute Gasteiger partial charge is 0.508 e. The summed E-state index contributed by atoms with van der Waals surface area (Å²) in [5.74, 6) is -3.73. The van der Waals surface area contributed by atoms with Crippen molar-refractivity contribution in [2.45, 2.75) is 136 Å². The molecule has 0 aliphatic heterocycles. The maximum Gasteiger partial charge on any atom is 0.408 e. The first-order chi connectivity index (χ1) is 27.9. The van der Waals surface area contributed by atoms with Crippen LogP contribution < -0.4 is 38.5 Å². The molecule has 0 saturated carbocycles. The molecule has 0 heterocycles. The fourth-order valence-corrected chi connectivity index (χ4v) is 6.33. The van der Waals surface area contributed by atoms with Crippen LogP contribution in [0.2, 0.25) is 0 Å². The molecule has 2 rings (SSSR count). The Bertz CT molecular complexity index is 1780. The number of benzene rings is 2. The molecule has 2 aromatic rings. The van der Waals surface area contributed by atoms with Gasteiger partial charge in [-0.25, -0.2) is 9.59 Å². The highest BCUT2D eigenvalue weighted by Crippen LogP contribution is 2.26. The zero-order chi connectivity index (χ0) is 45.2. The highest BCUT2D eigenvalue weighted by Gasteiger charge is 2.33. The first-order valence-corrected chi connectivity index (χ1v) is 20.2. The highest BCUT2D eigenvalue weighted by molar-refractivity contribution is 5.95. The van der Waals surface area contributed by atoms with Crippen LogP contribution in [0.3, 0.4) is 0 Å². The Morgan fingerprint density at radius 2 is 1.28 bits per heavy atom. The fraction of sp³-hybridized carbons (Fsp3) is 0.558. The summed E-state index contributed by atoms with van der Waals surface area (Å²) in [5.41, 5.74) is 17.9. The quantitative estimate of drug-likeness (QED) is 0.0483. The molecule has 0 spiro atoms. The van der Waals surface area contributed by atoms with Gasteiger partial charge < -0.3 is 53.0 Å². The van der Waals surface area contributed by atoms with Crippen LogP contribution in [0.5, 0.6) is 5.75 Å². The van der Waals surface area contributed by atoms with E-state index in [1.165, 1.54) is 0 Å². The molecule has 0 aliphatic rings. The molecule has 5 amide bonds. The van der Waals surface area contributed by atoms with E-state index in [0.717, 1.165) is 5.56 Å². The van der Waals surface area contributed by atoms with E-state index in [4.69, 9.17) is 26.7 Å². The van der Waals surface area contributed by atoms with Crippen LogP contribution in [0.4, 0.5) is 9.59 Å². The standard InChI is InChI=1S/C43H66N8O9/c1-26-21-30(52)22-27(2)31(26)24-29(25-35(53)32(18-14-20-47-39(45)46)51-41(58)60-43(6,7)8)37(55)49-33(17-12-13-19-48-40(57)59-42(3,4)5)38(56)50-34(36(44)54)23-28-15-10-9-11-16-28/h9-11,15-16,21-22,29,32-34,52H,12-14,17-20,23-25H2,1-8H3,(H2,44,54)(H,48,57)(H,49,55)(H,50,56)(H,51,58)(H4,45,46,47)/t29-,32-,33+,34?/m1/s1. The van der Waals surface area contributed by atoms with Gasteiger partial charge in [0, 0.05) is 31.8 Å². The molecule has 17 nitrogen and oxygen atoms in total. The van der Waals surface area contributed by atoms with Gasteiger partial charge in [-0.15, -0.1) is 0 Å². The molecule has 0 aliphatic carbocycles. The van der Waals surface area contributed by atoms with Crippen molar-refractivity contribution >= 4 is 41.7 Å². The molecule has 4 atom stereocenters. The normalized spacial score (nSPS) is 13.4. The third kappa shape index (κ3) is 19.7. The van der Waals surface area contributed by atoms with Gasteiger partial charge in [0.05, 0.1) is 6.04 Å². The number of aliphatic imine (C=N–C) groups is 1. The van der Waals surface area contributed by atoms with E-state index < -0.39 is 70.9 Å². The van der Waals surface area contributed by atoms with Crippen molar-refractivity contribution < 1.29 is 43.3 Å². The number of Topliss-reactive ketones (excluding diaryl/α,β-unsaturated/α-hetero) is 1. The zero-order valence-electron chi connectivity index (χ0n) is 36.3. The SMILES string of the molecule is Cc1cc(O)cc(C)c1C[C@H](CC(=O)[C@@H](CCCN=C(N)N)NC(=O)OC(C)(C)C)C(=O)N[C@@H](CCCCNC(=O)OC(C)(C)C)C(=O)NC(Cc1ccccc1)C(N)=O. The number of aromatic hydroxyl groups is 1. The minimum atomic E-state index is -1.19. The number of ketones is 1. The number of nitrogens with two attached hydrogens (primary N) is 3. The number of phenolic OH excluding ortho intramolecular Hbond substituents is 1. The van der Waals surface area contributed by atoms with Crippen LogP contribution in [-0.4, -0.2) is 89.2 Å². The van der Waals surface area contributed by atoms with E-state index in [1.807, 2.05) is 6.07 Å². The molecule has 0 radical (unpaired) electrons. The minimum absolute atomic E-state index is 0.0330. The molecule has 332 valence electrons. The van der Waals surface area contributed by atoms with Gasteiger partial charge in [-0.3, -0.25) is 24.2 Å². The molecule has 0 aromatic heterocycles. The topological polar surface area (TPSA) is 280 Å². The number of carbonyl (C=O) groups is 6. The minimum Gasteiger partial charge on any atom is -0.508 e. The molecule has 11 N–H and O–H groups in total. The van der Waals surface area contributed by atoms with Gasteiger partial charge >= 0.3 is 12.2 Å². The summed E-state index contributed by atoms with van der Waals surface area (Å²) < 4.78 is 10.7. The Balaban J connectivity index is 2.47. The third-order valence-corrected chi connectivity index (χ3v) is 9.14. The van der Waals surface area contributed by atoms with Crippen molar-refractivity contribution in [1.82, 2.24) is 21.3 Å². The van der Waals surface area contributed by atoms with Crippen LogP contribution in [0.1, 0.15) is 102 Å². The monoisotopic (exact) mass is 838 g/mol. The lowest BCUT2D eigenvalue weighted by Crippen LogP contribution is -2.54. The van der Waals surface area contributed by atoms with Gasteiger partial charge in [0.2, 0.25) is 17.7 Å². The number of guanidine groups is 1. The summed E-state index contributed by atoms with van der Waals surface area (Å²) in [6.45, 7) is 14.2.